The van der Waals surface area contributed by atoms with Gasteiger partial charge in [-0.15, -0.1) is 0 Å². The van der Waals surface area contributed by atoms with Gasteiger partial charge in [-0.2, -0.15) is 5.26 Å². The summed E-state index contributed by atoms with van der Waals surface area (Å²) in [4.78, 5) is 0. The van der Waals surface area contributed by atoms with Crippen molar-refractivity contribution in [3.8, 4) is 6.07 Å². The Morgan fingerprint density at radius 1 is 0.958 bits per heavy atom. The predicted molar refractivity (Wildman–Crippen MR) is 96.1 cm³/mol. The molecule has 2 fully saturated rings. The lowest BCUT2D eigenvalue weighted by molar-refractivity contribution is 0.326. The number of hydrogen-bond donors (Lipinski definition) is 0. The molecule has 128 valence electrons. The van der Waals surface area contributed by atoms with Crippen molar-refractivity contribution in [3.05, 3.63) is 47.3 Å². The second-order valence-corrected chi connectivity index (χ2v) is 7.87. The molecule has 2 saturated carbocycles. The van der Waals surface area contributed by atoms with Crippen LogP contribution in [0.1, 0.15) is 75.3 Å². The Hall–Kier alpha value is -1.62. The molecule has 0 heterocycles. The van der Waals surface area contributed by atoms with Gasteiger partial charge in [0.05, 0.1) is 5.56 Å². The summed E-state index contributed by atoms with van der Waals surface area (Å²) in [6.07, 6.45) is 15.1. The molecule has 1 aromatic carbocycles. The number of halogens is 1. The van der Waals surface area contributed by atoms with E-state index >= 15 is 0 Å². The van der Waals surface area contributed by atoms with E-state index in [9.17, 15) is 4.39 Å². The second kappa shape index (κ2) is 7.97. The fraction of sp³-hybridized carbons (Fsp3) is 0.591. The second-order valence-electron chi connectivity index (χ2n) is 7.87. The van der Waals surface area contributed by atoms with Gasteiger partial charge < -0.3 is 0 Å². The van der Waals surface area contributed by atoms with Crippen LogP contribution in [0.4, 0.5) is 4.39 Å². The minimum absolute atomic E-state index is 0.150. The van der Waals surface area contributed by atoms with Gasteiger partial charge in [-0.05, 0) is 79.9 Å². The summed E-state index contributed by atoms with van der Waals surface area (Å²) in [5.74, 6) is 2.49. The third kappa shape index (κ3) is 4.26. The van der Waals surface area contributed by atoms with Crippen LogP contribution in [0, 0.1) is 34.9 Å². The Labute approximate surface area is 145 Å². The highest BCUT2D eigenvalue weighted by atomic mass is 19.1. The third-order valence-electron chi connectivity index (χ3n) is 6.07. The minimum atomic E-state index is -0.372. The normalized spacial score (nSPS) is 31.0. The summed E-state index contributed by atoms with van der Waals surface area (Å²) >= 11 is 0. The molecule has 2 aliphatic carbocycles. The van der Waals surface area contributed by atoms with Gasteiger partial charge in [-0.25, -0.2) is 4.39 Å². The quantitative estimate of drug-likeness (QED) is 0.594. The first-order valence-electron chi connectivity index (χ1n) is 9.53. The van der Waals surface area contributed by atoms with Crippen LogP contribution in [0.2, 0.25) is 0 Å². The van der Waals surface area contributed by atoms with Crippen molar-refractivity contribution in [1.29, 1.82) is 5.26 Å². The average Bonchev–Trinajstić information content (AvgIpc) is 2.61. The molecule has 1 nitrogen and oxygen atoms in total. The van der Waals surface area contributed by atoms with Crippen molar-refractivity contribution in [2.75, 3.05) is 0 Å². The molecule has 0 bridgehead atoms. The molecule has 1 aromatic rings. The number of nitriles is 1. The van der Waals surface area contributed by atoms with Gasteiger partial charge in [0.1, 0.15) is 11.9 Å². The van der Waals surface area contributed by atoms with Crippen LogP contribution in [0.5, 0.6) is 0 Å². The van der Waals surface area contributed by atoms with Gasteiger partial charge in [0.2, 0.25) is 0 Å². The van der Waals surface area contributed by atoms with Gasteiger partial charge in [-0.1, -0.05) is 38.0 Å². The number of hydrogen-bond acceptors (Lipinski definition) is 1. The maximum atomic E-state index is 13.8. The highest BCUT2D eigenvalue weighted by Gasteiger charge is 2.22. The smallest absolute Gasteiger partial charge is 0.141 e. The number of nitrogens with zero attached hydrogens (tertiary/aromatic N) is 1. The zero-order valence-electron chi connectivity index (χ0n) is 14.7. The van der Waals surface area contributed by atoms with Crippen molar-refractivity contribution in [3.63, 3.8) is 0 Å². The van der Waals surface area contributed by atoms with E-state index in [1.165, 1.54) is 38.5 Å². The summed E-state index contributed by atoms with van der Waals surface area (Å²) in [6, 6.07) is 7.03. The minimum Gasteiger partial charge on any atom is -0.206 e. The predicted octanol–water partition coefficient (Wildman–Crippen LogP) is 6.35. The van der Waals surface area contributed by atoms with Gasteiger partial charge in [0.25, 0.3) is 0 Å². The van der Waals surface area contributed by atoms with E-state index in [2.05, 4.69) is 19.1 Å². The van der Waals surface area contributed by atoms with Crippen molar-refractivity contribution < 1.29 is 4.39 Å². The molecule has 3 rings (SSSR count). The van der Waals surface area contributed by atoms with E-state index < -0.39 is 0 Å². The summed E-state index contributed by atoms with van der Waals surface area (Å²) in [5.41, 5.74) is 1.22. The lowest BCUT2D eigenvalue weighted by atomic mass is 9.77. The average molecular weight is 325 g/mol. The van der Waals surface area contributed by atoms with Gasteiger partial charge >= 0.3 is 0 Å². The number of rotatable bonds is 3. The Kier molecular flexibility index (Phi) is 5.72. The molecular formula is C22H28FN. The largest absolute Gasteiger partial charge is 0.206 e. The monoisotopic (exact) mass is 325 g/mol. The maximum absolute atomic E-state index is 13.8. The summed E-state index contributed by atoms with van der Waals surface area (Å²) in [6.45, 7) is 2.37. The van der Waals surface area contributed by atoms with Crippen molar-refractivity contribution in [1.82, 2.24) is 0 Å². The highest BCUT2D eigenvalue weighted by Crippen LogP contribution is 2.37. The Bertz CT molecular complexity index is 611. The van der Waals surface area contributed by atoms with Crippen molar-refractivity contribution in [2.24, 2.45) is 17.8 Å². The number of benzene rings is 1. The van der Waals surface area contributed by atoms with E-state index in [0.717, 1.165) is 30.2 Å². The molecule has 0 saturated heterocycles. The molecular weight excluding hydrogens is 297 g/mol. The lowest BCUT2D eigenvalue weighted by Gasteiger charge is -2.28. The molecule has 0 amide bonds. The van der Waals surface area contributed by atoms with Crippen LogP contribution < -0.4 is 0 Å². The number of allylic oxidation sites excluding steroid dienone is 2. The highest BCUT2D eigenvalue weighted by molar-refractivity contribution is 5.35. The molecule has 0 N–H and O–H groups in total. The summed E-state index contributed by atoms with van der Waals surface area (Å²) in [7, 11) is 0. The van der Waals surface area contributed by atoms with E-state index in [1.54, 1.807) is 12.1 Å². The van der Waals surface area contributed by atoms with E-state index in [4.69, 9.17) is 5.26 Å². The molecule has 24 heavy (non-hydrogen) atoms. The molecule has 0 radical (unpaired) electrons. The van der Waals surface area contributed by atoms with E-state index in [-0.39, 0.29) is 11.4 Å². The fourth-order valence-corrected chi connectivity index (χ4v) is 4.31. The Morgan fingerprint density at radius 2 is 1.54 bits per heavy atom. The van der Waals surface area contributed by atoms with Crippen LogP contribution in [0.15, 0.2) is 30.4 Å². The molecule has 0 aromatic heterocycles. The first-order valence-corrected chi connectivity index (χ1v) is 9.53. The first-order chi connectivity index (χ1) is 11.7. The van der Waals surface area contributed by atoms with E-state index in [1.807, 2.05) is 12.1 Å². The fourth-order valence-electron chi connectivity index (χ4n) is 4.31. The molecule has 0 unspecified atom stereocenters. The van der Waals surface area contributed by atoms with Crippen molar-refractivity contribution >= 4 is 0 Å². The Balaban J connectivity index is 1.50. The molecule has 0 atom stereocenters. The molecule has 2 heteroatoms. The molecule has 0 spiro atoms. The van der Waals surface area contributed by atoms with Crippen LogP contribution in [0.25, 0.3) is 0 Å². The van der Waals surface area contributed by atoms with Gasteiger partial charge in [0, 0.05) is 0 Å². The summed E-state index contributed by atoms with van der Waals surface area (Å²) in [5, 5.41) is 8.84. The van der Waals surface area contributed by atoms with Crippen LogP contribution in [0.3, 0.4) is 0 Å². The standard InChI is InChI=1S/C22H28FN/c1-16-2-4-17(5-3-16)6-7-18-8-10-19(11-9-18)20-12-13-21(15-24)22(23)14-20/h6-7,12-14,16-19H,2-5,8-11H2,1H3/b7-6+/t16-,17-,18?,19?. The van der Waals surface area contributed by atoms with Crippen LogP contribution in [-0.4, -0.2) is 0 Å². The zero-order valence-corrected chi connectivity index (χ0v) is 14.7. The topological polar surface area (TPSA) is 23.8 Å². The molecule has 2 aliphatic rings. The third-order valence-corrected chi connectivity index (χ3v) is 6.07. The van der Waals surface area contributed by atoms with Crippen LogP contribution >= 0.6 is 0 Å². The van der Waals surface area contributed by atoms with Crippen molar-refractivity contribution in [2.45, 2.75) is 64.2 Å². The zero-order chi connectivity index (χ0) is 16.9. The van der Waals surface area contributed by atoms with Crippen LogP contribution in [-0.2, 0) is 0 Å². The van der Waals surface area contributed by atoms with Gasteiger partial charge in [-0.3, -0.25) is 0 Å². The SMILES string of the molecule is C[C@H]1CC[C@H](/C=C/C2CCC(c3ccc(C#N)c(F)c3)CC2)CC1. The van der Waals surface area contributed by atoms with E-state index in [0.29, 0.717) is 11.8 Å². The Morgan fingerprint density at radius 3 is 2.08 bits per heavy atom. The maximum Gasteiger partial charge on any atom is 0.141 e. The first kappa shape index (κ1) is 17.2. The summed E-state index contributed by atoms with van der Waals surface area (Å²) < 4.78 is 13.8. The molecule has 0 aliphatic heterocycles. The van der Waals surface area contributed by atoms with Gasteiger partial charge in [0.15, 0.2) is 0 Å². The lowest BCUT2D eigenvalue weighted by Crippen LogP contribution is -2.13.